The van der Waals surface area contributed by atoms with Crippen LogP contribution in [0.1, 0.15) is 32.1 Å². The number of nitrogens with one attached hydrogen (secondary N) is 2. The normalized spacial score (nSPS) is 28.4. The molecule has 0 aromatic heterocycles. The van der Waals surface area contributed by atoms with Crippen molar-refractivity contribution in [3.8, 4) is 0 Å². The number of carboxylic acid groups (broad SMARTS) is 1. The van der Waals surface area contributed by atoms with E-state index in [1.54, 1.807) is 0 Å². The fourth-order valence-corrected chi connectivity index (χ4v) is 3.53. The highest BCUT2D eigenvalue weighted by molar-refractivity contribution is 5.88. The third-order valence-electron chi connectivity index (χ3n) is 4.96. The number of hydrogen-bond acceptors (Lipinski definition) is 6. The molecule has 3 aliphatic heterocycles. The van der Waals surface area contributed by atoms with Gasteiger partial charge >= 0.3 is 18.1 Å². The lowest BCUT2D eigenvalue weighted by molar-refractivity contribution is -0.327. The van der Waals surface area contributed by atoms with Gasteiger partial charge in [-0.3, -0.25) is 9.63 Å². The first kappa shape index (κ1) is 19.7. The van der Waals surface area contributed by atoms with Crippen LogP contribution in [0.3, 0.4) is 0 Å². The average molecular weight is 392 g/mol. The smallest absolute Gasteiger partial charge is 0.475 e. The van der Waals surface area contributed by atoms with Crippen molar-refractivity contribution in [2.75, 3.05) is 19.7 Å². The lowest BCUT2D eigenvalue weighted by Crippen LogP contribution is -2.50. The molecular weight excluding hydrogens is 370 g/mol. The molecule has 0 aromatic carbocycles. The van der Waals surface area contributed by atoms with E-state index >= 15 is 0 Å². The van der Waals surface area contributed by atoms with Gasteiger partial charge in [0.05, 0.1) is 12.6 Å². The largest absolute Gasteiger partial charge is 0.476 e. The molecule has 10 nitrogen and oxygen atoms in total. The second-order valence-electron chi connectivity index (χ2n) is 6.85. The number of carbonyl (C=O) groups is 3. The zero-order valence-corrected chi connectivity index (χ0v) is 14.5. The Bertz CT molecular complexity index is 601. The predicted molar refractivity (Wildman–Crippen MR) is 84.2 cm³/mol. The number of urea groups is 1. The third kappa shape index (κ3) is 4.28. The summed E-state index contributed by atoms with van der Waals surface area (Å²) < 4.78 is 26.6. The number of carboxylic acids is 1. The minimum absolute atomic E-state index is 0.00317. The van der Waals surface area contributed by atoms with Gasteiger partial charge < -0.3 is 15.3 Å². The van der Waals surface area contributed by atoms with Gasteiger partial charge in [-0.1, -0.05) is 6.42 Å². The van der Waals surface area contributed by atoms with Crippen LogP contribution in [0.5, 0.6) is 0 Å². The van der Waals surface area contributed by atoms with Crippen molar-refractivity contribution >= 4 is 17.9 Å². The van der Waals surface area contributed by atoms with E-state index in [-0.39, 0.29) is 32.0 Å². The monoisotopic (exact) mass is 392 g/mol. The highest BCUT2D eigenvalue weighted by Crippen LogP contribution is 2.33. The SMILES string of the molecule is O=C(NOC[C@H]1CCCCN1)[C@@H]1CC[C@H]2CN1C(=O)N2OC(F)(F)C(=O)O. The molecule has 3 fully saturated rings. The maximum atomic E-state index is 13.3. The van der Waals surface area contributed by atoms with Gasteiger partial charge in [0, 0.05) is 12.6 Å². The first-order valence-electron chi connectivity index (χ1n) is 8.85. The van der Waals surface area contributed by atoms with Crippen LogP contribution in [-0.2, 0) is 19.3 Å². The maximum absolute atomic E-state index is 13.3. The molecule has 12 heteroatoms. The number of nitrogens with zero attached hydrogens (tertiary/aromatic N) is 2. The van der Waals surface area contributed by atoms with Crippen LogP contribution >= 0.6 is 0 Å². The third-order valence-corrected chi connectivity index (χ3v) is 4.96. The molecule has 3 atom stereocenters. The van der Waals surface area contributed by atoms with Crippen LogP contribution in [0.2, 0.25) is 0 Å². The Morgan fingerprint density at radius 3 is 2.74 bits per heavy atom. The second kappa shape index (κ2) is 7.90. The molecule has 0 spiro atoms. The number of carbonyl (C=O) groups excluding carboxylic acids is 2. The Morgan fingerprint density at radius 2 is 2.07 bits per heavy atom. The van der Waals surface area contributed by atoms with Crippen LogP contribution < -0.4 is 10.8 Å². The van der Waals surface area contributed by atoms with Crippen molar-refractivity contribution < 1.29 is 37.9 Å². The highest BCUT2D eigenvalue weighted by atomic mass is 19.3. The van der Waals surface area contributed by atoms with Crippen LogP contribution in [-0.4, -0.2) is 76.9 Å². The van der Waals surface area contributed by atoms with E-state index in [0.717, 1.165) is 30.7 Å². The molecule has 3 rings (SSSR count). The van der Waals surface area contributed by atoms with Gasteiger partial charge in [0.1, 0.15) is 6.04 Å². The number of halogens is 2. The Labute approximate surface area is 153 Å². The molecule has 3 saturated heterocycles. The molecule has 0 aromatic rings. The summed E-state index contributed by atoms with van der Waals surface area (Å²) in [4.78, 5) is 45.6. The Balaban J connectivity index is 1.52. The van der Waals surface area contributed by atoms with Crippen molar-refractivity contribution in [3.05, 3.63) is 0 Å². The summed E-state index contributed by atoms with van der Waals surface area (Å²) in [6.07, 6.45) is -0.954. The summed E-state index contributed by atoms with van der Waals surface area (Å²) in [6.45, 7) is 1.18. The van der Waals surface area contributed by atoms with E-state index < -0.39 is 36.1 Å². The molecule has 3 N–H and O–H groups in total. The summed E-state index contributed by atoms with van der Waals surface area (Å²) >= 11 is 0. The Kier molecular flexibility index (Phi) is 5.77. The number of fused-ring (bicyclic) bond motifs is 2. The minimum atomic E-state index is -4.53. The molecule has 0 radical (unpaired) electrons. The van der Waals surface area contributed by atoms with Gasteiger partial charge in [-0.15, -0.1) is 0 Å². The van der Waals surface area contributed by atoms with Crippen LogP contribution in [0.15, 0.2) is 0 Å². The summed E-state index contributed by atoms with van der Waals surface area (Å²) in [5.41, 5.74) is 2.31. The van der Waals surface area contributed by atoms with Gasteiger partial charge in [0.15, 0.2) is 0 Å². The van der Waals surface area contributed by atoms with E-state index in [1.807, 2.05) is 0 Å². The number of aliphatic carboxylic acids is 1. The second-order valence-corrected chi connectivity index (χ2v) is 6.85. The van der Waals surface area contributed by atoms with E-state index in [2.05, 4.69) is 15.6 Å². The number of hydroxylamine groups is 3. The molecular formula is C15H22F2N4O6. The van der Waals surface area contributed by atoms with Gasteiger partial charge in [-0.05, 0) is 32.2 Å². The van der Waals surface area contributed by atoms with Crippen LogP contribution in [0.25, 0.3) is 0 Å². The molecule has 3 aliphatic rings. The van der Waals surface area contributed by atoms with Crippen molar-refractivity contribution in [1.82, 2.24) is 20.8 Å². The number of amides is 3. The fraction of sp³-hybridized carbons (Fsp3) is 0.800. The lowest BCUT2D eigenvalue weighted by Gasteiger charge is -2.29. The van der Waals surface area contributed by atoms with Crippen molar-refractivity contribution in [1.29, 1.82) is 0 Å². The topological polar surface area (TPSA) is 120 Å². The van der Waals surface area contributed by atoms with Crippen molar-refractivity contribution in [2.45, 2.75) is 56.3 Å². The number of alkyl halides is 2. The van der Waals surface area contributed by atoms with Gasteiger partial charge in [0.2, 0.25) is 0 Å². The molecule has 152 valence electrons. The molecule has 0 saturated carbocycles. The van der Waals surface area contributed by atoms with Crippen LogP contribution in [0, 0.1) is 0 Å². The maximum Gasteiger partial charge on any atom is 0.476 e. The Hall–Kier alpha value is -2.05. The molecule has 2 bridgehead atoms. The van der Waals surface area contributed by atoms with E-state index in [1.165, 1.54) is 0 Å². The summed E-state index contributed by atoms with van der Waals surface area (Å²) in [7, 11) is 0. The van der Waals surface area contributed by atoms with Crippen molar-refractivity contribution in [2.24, 2.45) is 0 Å². The zero-order valence-electron chi connectivity index (χ0n) is 14.5. The standard InChI is InChI=1S/C15H22F2N4O6/c16-15(17,13(23)24)27-21-10-4-5-11(20(7-10)14(21)25)12(22)19-26-8-9-3-1-2-6-18-9/h9-11,18H,1-8H2,(H,19,22)(H,23,24)/t9-,10+,11+/m1/s1. The summed E-state index contributed by atoms with van der Waals surface area (Å²) in [5, 5.41) is 12.1. The summed E-state index contributed by atoms with van der Waals surface area (Å²) in [5.74, 6) is -3.05. The predicted octanol–water partition coefficient (Wildman–Crippen LogP) is 0.0539. The summed E-state index contributed by atoms with van der Waals surface area (Å²) in [6, 6.07) is -2.45. The lowest BCUT2D eigenvalue weighted by atomic mass is 10.0. The van der Waals surface area contributed by atoms with Gasteiger partial charge in [-0.2, -0.15) is 18.7 Å². The van der Waals surface area contributed by atoms with E-state index in [4.69, 9.17) is 9.94 Å². The molecule has 3 amide bonds. The first-order chi connectivity index (χ1) is 12.8. The zero-order chi connectivity index (χ0) is 19.6. The van der Waals surface area contributed by atoms with Crippen molar-refractivity contribution in [3.63, 3.8) is 0 Å². The molecule has 0 aliphatic carbocycles. The van der Waals surface area contributed by atoms with Gasteiger partial charge in [0.25, 0.3) is 5.91 Å². The number of rotatable bonds is 7. The van der Waals surface area contributed by atoms with Crippen LogP contribution in [0.4, 0.5) is 13.6 Å². The quantitative estimate of drug-likeness (QED) is 0.524. The van der Waals surface area contributed by atoms with E-state index in [0.29, 0.717) is 5.06 Å². The van der Waals surface area contributed by atoms with E-state index in [9.17, 15) is 23.2 Å². The Morgan fingerprint density at radius 1 is 1.30 bits per heavy atom. The molecule has 3 heterocycles. The number of hydrogen-bond donors (Lipinski definition) is 3. The first-order valence-corrected chi connectivity index (χ1v) is 8.85. The molecule has 27 heavy (non-hydrogen) atoms. The number of piperidine rings is 2. The minimum Gasteiger partial charge on any atom is -0.475 e. The fourth-order valence-electron chi connectivity index (χ4n) is 3.53. The van der Waals surface area contributed by atoms with Gasteiger partial charge in [-0.25, -0.2) is 15.1 Å². The molecule has 0 unspecified atom stereocenters. The highest BCUT2D eigenvalue weighted by Gasteiger charge is 2.53. The average Bonchev–Trinajstić information content (AvgIpc) is 2.87.